The molecule has 0 aliphatic carbocycles. The molecule has 3 aromatic rings. The van der Waals surface area contributed by atoms with Crippen LogP contribution in [0.3, 0.4) is 0 Å². The van der Waals surface area contributed by atoms with Gasteiger partial charge in [0.1, 0.15) is 10.3 Å². The number of halogens is 2. The van der Waals surface area contributed by atoms with Gasteiger partial charge in [-0.3, -0.25) is 24.5 Å². The number of amides is 3. The van der Waals surface area contributed by atoms with Crippen LogP contribution in [-0.4, -0.2) is 89.7 Å². The maximum absolute atomic E-state index is 14.7. The first-order chi connectivity index (χ1) is 22.1. The zero-order valence-corrected chi connectivity index (χ0v) is 27.4. The second-order valence-electron chi connectivity index (χ2n) is 12.4. The summed E-state index contributed by atoms with van der Waals surface area (Å²) in [6.07, 6.45) is 3.00. The van der Waals surface area contributed by atoms with E-state index in [1.807, 2.05) is 29.2 Å². The molecule has 3 fully saturated rings. The third-order valence-corrected chi connectivity index (χ3v) is 9.99. The summed E-state index contributed by atoms with van der Waals surface area (Å²) >= 11 is 3.40. The summed E-state index contributed by atoms with van der Waals surface area (Å²) in [7, 11) is 3.70. The number of nitrogens with zero attached hydrogens (tertiary/aromatic N) is 5. The predicted octanol–water partition coefficient (Wildman–Crippen LogP) is 3.06. The maximum Gasteiger partial charge on any atom is 0.282 e. The van der Waals surface area contributed by atoms with E-state index >= 15 is 0 Å². The highest BCUT2D eigenvalue weighted by Gasteiger charge is 2.32. The number of hydrogen-bond acceptors (Lipinski definition) is 8. The number of aryl methyl sites for hydroxylation is 1. The van der Waals surface area contributed by atoms with Gasteiger partial charge in [0, 0.05) is 75.6 Å². The second kappa shape index (κ2) is 13.3. The molecule has 11 nitrogen and oxygen atoms in total. The quantitative estimate of drug-likeness (QED) is 0.379. The number of anilines is 2. The molecule has 1 unspecified atom stereocenters. The van der Waals surface area contributed by atoms with Crippen LogP contribution in [0, 0.1) is 5.82 Å². The number of carbonyl (C=O) groups excluding carboxylic acids is 3. The highest BCUT2D eigenvalue weighted by Crippen LogP contribution is 2.32. The van der Waals surface area contributed by atoms with Gasteiger partial charge < -0.3 is 20.0 Å². The van der Waals surface area contributed by atoms with Crippen molar-refractivity contribution in [3.63, 3.8) is 0 Å². The van der Waals surface area contributed by atoms with Crippen molar-refractivity contribution in [2.24, 2.45) is 7.05 Å². The van der Waals surface area contributed by atoms with E-state index in [9.17, 15) is 23.6 Å². The number of piperidine rings is 2. The summed E-state index contributed by atoms with van der Waals surface area (Å²) in [6.45, 7) is 3.90. The summed E-state index contributed by atoms with van der Waals surface area (Å²) < 4.78 is 16.5. The molecule has 3 saturated heterocycles. The number of aromatic nitrogens is 2. The minimum atomic E-state index is -0.696. The van der Waals surface area contributed by atoms with Gasteiger partial charge in [-0.05, 0) is 77.6 Å². The SMILES string of the molecule is CN1C[C@@H](Nc2cnn(C)c(=O)c2Br)C[C@@H](c2ccc(C(=O)N3CCN(c4ccc(F)c(C5CCC(=O)NC5=O)c4)CC3)cc2)C1. The molecule has 6 rings (SSSR count). The Morgan fingerprint density at radius 1 is 1.02 bits per heavy atom. The Kier molecular flexibility index (Phi) is 9.23. The molecule has 2 N–H and O–H groups in total. The third kappa shape index (κ3) is 6.70. The van der Waals surface area contributed by atoms with Gasteiger partial charge in [-0.2, -0.15) is 5.10 Å². The van der Waals surface area contributed by atoms with E-state index in [1.54, 1.807) is 25.4 Å². The van der Waals surface area contributed by atoms with Crippen molar-refractivity contribution in [2.45, 2.75) is 37.1 Å². The van der Waals surface area contributed by atoms with Crippen LogP contribution in [0.15, 0.2) is 57.9 Å². The Morgan fingerprint density at radius 2 is 1.76 bits per heavy atom. The number of nitrogens with one attached hydrogen (secondary N) is 2. The van der Waals surface area contributed by atoms with Gasteiger partial charge in [-0.1, -0.05) is 12.1 Å². The van der Waals surface area contributed by atoms with E-state index in [-0.39, 0.29) is 42.2 Å². The maximum atomic E-state index is 14.7. The Balaban J connectivity index is 1.06. The number of likely N-dealkylation sites (tertiary alicyclic amines) is 1. The number of carbonyl (C=O) groups is 3. The molecule has 3 aliphatic heterocycles. The fourth-order valence-corrected chi connectivity index (χ4v) is 7.20. The first kappa shape index (κ1) is 31.9. The molecule has 3 atom stereocenters. The monoisotopic (exact) mass is 693 g/mol. The van der Waals surface area contributed by atoms with Crippen molar-refractivity contribution in [1.82, 2.24) is 24.9 Å². The van der Waals surface area contributed by atoms with Gasteiger partial charge in [0.15, 0.2) is 0 Å². The van der Waals surface area contributed by atoms with Crippen molar-refractivity contribution >= 4 is 45.0 Å². The molecule has 0 saturated carbocycles. The van der Waals surface area contributed by atoms with E-state index in [1.165, 1.54) is 10.7 Å². The van der Waals surface area contributed by atoms with Gasteiger partial charge in [-0.15, -0.1) is 0 Å². The molecule has 0 radical (unpaired) electrons. The Hall–Kier alpha value is -4.10. The van der Waals surface area contributed by atoms with Crippen molar-refractivity contribution in [3.05, 3.63) is 86.0 Å². The largest absolute Gasteiger partial charge is 0.379 e. The third-order valence-electron chi connectivity index (χ3n) is 9.23. The summed E-state index contributed by atoms with van der Waals surface area (Å²) in [6, 6.07) is 12.8. The lowest BCUT2D eigenvalue weighted by molar-refractivity contribution is -0.134. The molecule has 4 heterocycles. The molecular weight excluding hydrogens is 657 g/mol. The van der Waals surface area contributed by atoms with Crippen LogP contribution in [0.2, 0.25) is 0 Å². The van der Waals surface area contributed by atoms with Crippen LogP contribution in [0.5, 0.6) is 0 Å². The van der Waals surface area contributed by atoms with E-state index in [0.29, 0.717) is 47.5 Å². The fraction of sp³-hybridized carbons (Fsp3) is 0.424. The molecule has 242 valence electrons. The summed E-state index contributed by atoms with van der Waals surface area (Å²) in [4.78, 5) is 55.8. The van der Waals surface area contributed by atoms with Crippen molar-refractivity contribution in [1.29, 1.82) is 0 Å². The zero-order valence-electron chi connectivity index (χ0n) is 25.8. The molecule has 2 aromatic carbocycles. The number of hydrogen-bond donors (Lipinski definition) is 2. The lowest BCUT2D eigenvalue weighted by atomic mass is 9.87. The smallest absolute Gasteiger partial charge is 0.282 e. The molecule has 46 heavy (non-hydrogen) atoms. The van der Waals surface area contributed by atoms with Crippen molar-refractivity contribution in [2.75, 3.05) is 56.5 Å². The van der Waals surface area contributed by atoms with Crippen LogP contribution in [0.4, 0.5) is 15.8 Å². The van der Waals surface area contributed by atoms with Crippen LogP contribution in [-0.2, 0) is 16.6 Å². The lowest BCUT2D eigenvalue weighted by Crippen LogP contribution is -2.48. The molecular formula is C33H37BrFN7O4. The van der Waals surface area contributed by atoms with Crippen LogP contribution < -0.4 is 21.1 Å². The van der Waals surface area contributed by atoms with Gasteiger partial charge in [0.25, 0.3) is 11.5 Å². The minimum Gasteiger partial charge on any atom is -0.379 e. The van der Waals surface area contributed by atoms with E-state index in [0.717, 1.165) is 30.8 Å². The molecule has 3 aliphatic rings. The van der Waals surface area contributed by atoms with Crippen LogP contribution in [0.1, 0.15) is 52.6 Å². The number of likely N-dealkylation sites (N-methyl/N-ethyl adjacent to an activating group) is 1. The van der Waals surface area contributed by atoms with Crippen molar-refractivity contribution < 1.29 is 18.8 Å². The van der Waals surface area contributed by atoms with Gasteiger partial charge in [0.2, 0.25) is 11.8 Å². The summed E-state index contributed by atoms with van der Waals surface area (Å²) in [5.74, 6) is -1.73. The fourth-order valence-electron chi connectivity index (χ4n) is 6.73. The van der Waals surface area contributed by atoms with Crippen LogP contribution >= 0.6 is 15.9 Å². The molecule has 13 heteroatoms. The van der Waals surface area contributed by atoms with E-state index < -0.39 is 17.6 Å². The molecule has 3 amide bonds. The number of benzene rings is 2. The average Bonchev–Trinajstić information content (AvgIpc) is 3.05. The first-order valence-electron chi connectivity index (χ1n) is 15.5. The average molecular weight is 695 g/mol. The molecule has 0 bridgehead atoms. The number of piperazine rings is 1. The number of rotatable bonds is 6. The standard InChI is InChI=1S/C33H37BrFN7O4/c1-39-18-22(15-23(19-39)37-28-17-36-40(2)33(46)30(28)34)20-3-5-21(6-4-20)32(45)42-13-11-41(12-14-42)24-7-9-27(35)26(16-24)25-8-10-29(43)38-31(25)44/h3-7,9,16-17,22-23,25,37H,8,10-15,18-19H2,1-2H3,(H,38,43,44)/t22-,23+,25?/m1/s1. The number of imide groups is 1. The summed E-state index contributed by atoms with van der Waals surface area (Å²) in [5.41, 5.74) is 3.36. The topological polar surface area (TPSA) is 120 Å². The van der Waals surface area contributed by atoms with E-state index in [4.69, 9.17) is 0 Å². The van der Waals surface area contributed by atoms with Crippen LogP contribution in [0.25, 0.3) is 0 Å². The highest BCUT2D eigenvalue weighted by atomic mass is 79.9. The first-order valence-corrected chi connectivity index (χ1v) is 16.3. The van der Waals surface area contributed by atoms with Gasteiger partial charge in [0.05, 0.1) is 17.8 Å². The predicted molar refractivity (Wildman–Crippen MR) is 176 cm³/mol. The molecule has 1 aromatic heterocycles. The highest BCUT2D eigenvalue weighted by molar-refractivity contribution is 9.10. The zero-order chi connectivity index (χ0) is 32.5. The van der Waals surface area contributed by atoms with Gasteiger partial charge >= 0.3 is 0 Å². The Morgan fingerprint density at radius 3 is 2.48 bits per heavy atom. The summed E-state index contributed by atoms with van der Waals surface area (Å²) in [5, 5.41) is 9.93. The van der Waals surface area contributed by atoms with E-state index in [2.05, 4.69) is 48.5 Å². The van der Waals surface area contributed by atoms with Gasteiger partial charge in [-0.25, -0.2) is 9.07 Å². The Labute approximate surface area is 274 Å². The Bertz CT molecular complexity index is 1710. The normalized spacial score (nSPS) is 22.5. The second-order valence-corrected chi connectivity index (χ2v) is 13.2. The molecule has 0 spiro atoms. The lowest BCUT2D eigenvalue weighted by Gasteiger charge is -2.37. The van der Waals surface area contributed by atoms with Crippen molar-refractivity contribution in [3.8, 4) is 0 Å². The minimum absolute atomic E-state index is 0.0298.